The summed E-state index contributed by atoms with van der Waals surface area (Å²) in [6.07, 6.45) is 2.98. The van der Waals surface area contributed by atoms with E-state index in [1.807, 2.05) is 6.07 Å². The number of hydrogen-bond acceptors (Lipinski definition) is 4. The second kappa shape index (κ2) is 5.87. The van der Waals surface area contributed by atoms with Gasteiger partial charge in [-0.1, -0.05) is 12.1 Å². The summed E-state index contributed by atoms with van der Waals surface area (Å²) >= 11 is 0. The van der Waals surface area contributed by atoms with Crippen molar-refractivity contribution >= 4 is 5.97 Å². The average Bonchev–Trinajstić information content (AvgIpc) is 2.39. The predicted molar refractivity (Wildman–Crippen MR) is 66.2 cm³/mol. The van der Waals surface area contributed by atoms with Crippen molar-refractivity contribution < 1.29 is 19.4 Å². The van der Waals surface area contributed by atoms with Crippen molar-refractivity contribution in [3.05, 3.63) is 29.8 Å². The van der Waals surface area contributed by atoms with Crippen LogP contribution in [-0.2, 0) is 14.3 Å². The SMILES string of the molecule is COC(=O)C[C@@H]1CCC[C@H](c2cccc(O)c2)O1. The first-order valence-electron chi connectivity index (χ1n) is 6.20. The van der Waals surface area contributed by atoms with Gasteiger partial charge in [0.25, 0.3) is 0 Å². The number of phenolic OH excluding ortho intramolecular Hbond substituents is 1. The van der Waals surface area contributed by atoms with E-state index in [1.54, 1.807) is 18.2 Å². The third kappa shape index (κ3) is 3.23. The van der Waals surface area contributed by atoms with Crippen molar-refractivity contribution in [2.24, 2.45) is 0 Å². The van der Waals surface area contributed by atoms with Crippen molar-refractivity contribution in [3.8, 4) is 5.75 Å². The molecule has 1 fully saturated rings. The Labute approximate surface area is 107 Å². The van der Waals surface area contributed by atoms with Crippen LogP contribution in [0.15, 0.2) is 24.3 Å². The quantitative estimate of drug-likeness (QED) is 0.838. The van der Waals surface area contributed by atoms with Gasteiger partial charge < -0.3 is 14.6 Å². The lowest BCUT2D eigenvalue weighted by Gasteiger charge is -2.29. The molecular weight excluding hydrogens is 232 g/mol. The van der Waals surface area contributed by atoms with Crippen molar-refractivity contribution in [2.45, 2.75) is 37.9 Å². The number of aromatic hydroxyl groups is 1. The number of phenols is 1. The zero-order chi connectivity index (χ0) is 13.0. The van der Waals surface area contributed by atoms with Crippen LogP contribution in [0.1, 0.15) is 37.4 Å². The van der Waals surface area contributed by atoms with Crippen LogP contribution in [0.3, 0.4) is 0 Å². The maximum Gasteiger partial charge on any atom is 0.308 e. The number of esters is 1. The zero-order valence-electron chi connectivity index (χ0n) is 10.5. The zero-order valence-corrected chi connectivity index (χ0v) is 10.5. The maximum absolute atomic E-state index is 11.2. The minimum Gasteiger partial charge on any atom is -0.508 e. The molecule has 1 aliphatic rings. The Bertz CT molecular complexity index is 416. The summed E-state index contributed by atoms with van der Waals surface area (Å²) in [5, 5.41) is 9.46. The Morgan fingerprint density at radius 3 is 3.06 bits per heavy atom. The first kappa shape index (κ1) is 12.9. The summed E-state index contributed by atoms with van der Waals surface area (Å²) in [6.45, 7) is 0. The molecule has 1 saturated heterocycles. The second-order valence-electron chi connectivity index (χ2n) is 4.55. The van der Waals surface area contributed by atoms with Gasteiger partial charge in [-0.3, -0.25) is 4.79 Å². The largest absolute Gasteiger partial charge is 0.508 e. The van der Waals surface area contributed by atoms with Crippen LogP contribution in [0.5, 0.6) is 5.75 Å². The molecule has 0 unspecified atom stereocenters. The van der Waals surface area contributed by atoms with Gasteiger partial charge in [-0.15, -0.1) is 0 Å². The molecule has 0 amide bonds. The highest BCUT2D eigenvalue weighted by Gasteiger charge is 2.25. The fourth-order valence-electron chi connectivity index (χ4n) is 2.29. The normalized spacial score (nSPS) is 23.6. The van der Waals surface area contributed by atoms with Gasteiger partial charge in [-0.05, 0) is 37.0 Å². The molecule has 1 aromatic rings. The molecule has 1 aromatic carbocycles. The second-order valence-corrected chi connectivity index (χ2v) is 4.55. The third-order valence-electron chi connectivity index (χ3n) is 3.21. The fraction of sp³-hybridized carbons (Fsp3) is 0.500. The monoisotopic (exact) mass is 250 g/mol. The lowest BCUT2D eigenvalue weighted by molar-refractivity contribution is -0.147. The predicted octanol–water partition coefficient (Wildman–Crippen LogP) is 2.57. The molecule has 0 aliphatic carbocycles. The Hall–Kier alpha value is -1.55. The van der Waals surface area contributed by atoms with Crippen molar-refractivity contribution in [2.75, 3.05) is 7.11 Å². The number of hydrogen-bond donors (Lipinski definition) is 1. The van der Waals surface area contributed by atoms with E-state index in [4.69, 9.17) is 4.74 Å². The standard InChI is InChI=1S/C14H18O4/c1-17-14(16)9-12-6-3-7-13(18-12)10-4-2-5-11(15)8-10/h2,4-5,8,12-13,15H,3,6-7,9H2,1H3/t12-,13+/m0/s1. The third-order valence-corrected chi connectivity index (χ3v) is 3.21. The molecule has 0 radical (unpaired) electrons. The summed E-state index contributed by atoms with van der Waals surface area (Å²) in [5.74, 6) is 0.00255. The minimum atomic E-state index is -0.239. The van der Waals surface area contributed by atoms with Crippen LogP contribution in [0, 0.1) is 0 Å². The van der Waals surface area contributed by atoms with E-state index < -0.39 is 0 Å². The van der Waals surface area contributed by atoms with Crippen molar-refractivity contribution in [1.29, 1.82) is 0 Å². The molecule has 2 atom stereocenters. The first-order valence-corrected chi connectivity index (χ1v) is 6.20. The highest BCUT2D eigenvalue weighted by Crippen LogP contribution is 2.33. The van der Waals surface area contributed by atoms with E-state index in [9.17, 15) is 9.90 Å². The Kier molecular flexibility index (Phi) is 4.20. The molecule has 4 nitrogen and oxygen atoms in total. The minimum absolute atomic E-state index is 0.0412. The summed E-state index contributed by atoms with van der Waals surface area (Å²) < 4.78 is 10.5. The van der Waals surface area contributed by atoms with Crippen LogP contribution < -0.4 is 0 Å². The molecule has 1 N–H and O–H groups in total. The van der Waals surface area contributed by atoms with Gasteiger partial charge in [0.2, 0.25) is 0 Å². The van der Waals surface area contributed by atoms with E-state index in [1.165, 1.54) is 7.11 Å². The van der Waals surface area contributed by atoms with E-state index in [0.29, 0.717) is 6.42 Å². The summed E-state index contributed by atoms with van der Waals surface area (Å²) in [4.78, 5) is 11.2. The van der Waals surface area contributed by atoms with Crippen LogP contribution >= 0.6 is 0 Å². The number of carbonyl (C=O) groups is 1. The number of ether oxygens (including phenoxy) is 2. The van der Waals surface area contributed by atoms with Crippen LogP contribution in [0.25, 0.3) is 0 Å². The first-order chi connectivity index (χ1) is 8.69. The van der Waals surface area contributed by atoms with Gasteiger partial charge in [0, 0.05) is 0 Å². The van der Waals surface area contributed by atoms with Crippen molar-refractivity contribution in [1.82, 2.24) is 0 Å². The molecule has 1 aliphatic heterocycles. The van der Waals surface area contributed by atoms with E-state index >= 15 is 0 Å². The van der Waals surface area contributed by atoms with Gasteiger partial charge in [0.15, 0.2) is 0 Å². The molecule has 4 heteroatoms. The topological polar surface area (TPSA) is 55.8 Å². The number of carbonyl (C=O) groups excluding carboxylic acids is 1. The van der Waals surface area contributed by atoms with Crippen molar-refractivity contribution in [3.63, 3.8) is 0 Å². The molecule has 0 saturated carbocycles. The molecular formula is C14H18O4. The molecule has 18 heavy (non-hydrogen) atoms. The van der Waals surface area contributed by atoms with E-state index in [2.05, 4.69) is 4.74 Å². The smallest absolute Gasteiger partial charge is 0.308 e. The fourth-order valence-corrected chi connectivity index (χ4v) is 2.29. The number of methoxy groups -OCH3 is 1. The average molecular weight is 250 g/mol. The molecule has 1 heterocycles. The van der Waals surface area contributed by atoms with E-state index in [0.717, 1.165) is 24.8 Å². The Balaban J connectivity index is 2.00. The molecule has 0 aromatic heterocycles. The number of benzene rings is 1. The highest BCUT2D eigenvalue weighted by molar-refractivity contribution is 5.69. The van der Waals surface area contributed by atoms with E-state index in [-0.39, 0.29) is 23.9 Å². The lowest BCUT2D eigenvalue weighted by atomic mass is 9.97. The van der Waals surface area contributed by atoms with Crippen LogP contribution in [0.2, 0.25) is 0 Å². The Morgan fingerprint density at radius 1 is 1.50 bits per heavy atom. The van der Waals surface area contributed by atoms with Gasteiger partial charge in [0.05, 0.1) is 25.7 Å². The summed E-state index contributed by atoms with van der Waals surface area (Å²) in [5.41, 5.74) is 0.963. The summed E-state index contributed by atoms with van der Waals surface area (Å²) in [6, 6.07) is 7.09. The van der Waals surface area contributed by atoms with Crippen LogP contribution in [0.4, 0.5) is 0 Å². The molecule has 0 bridgehead atoms. The van der Waals surface area contributed by atoms with Gasteiger partial charge in [0.1, 0.15) is 5.75 Å². The molecule has 98 valence electrons. The highest BCUT2D eigenvalue weighted by atomic mass is 16.5. The lowest BCUT2D eigenvalue weighted by Crippen LogP contribution is -2.25. The molecule has 0 spiro atoms. The molecule has 2 rings (SSSR count). The van der Waals surface area contributed by atoms with Crippen LogP contribution in [-0.4, -0.2) is 24.3 Å². The summed E-state index contributed by atoms with van der Waals surface area (Å²) in [7, 11) is 1.39. The van der Waals surface area contributed by atoms with Gasteiger partial charge >= 0.3 is 5.97 Å². The number of rotatable bonds is 3. The Morgan fingerprint density at radius 2 is 2.33 bits per heavy atom. The maximum atomic E-state index is 11.2. The van der Waals surface area contributed by atoms with Gasteiger partial charge in [-0.25, -0.2) is 0 Å². The van der Waals surface area contributed by atoms with Gasteiger partial charge in [-0.2, -0.15) is 0 Å².